The van der Waals surface area contributed by atoms with E-state index >= 15 is 0 Å². The van der Waals surface area contributed by atoms with E-state index in [2.05, 4.69) is 43.4 Å². The van der Waals surface area contributed by atoms with Crippen molar-refractivity contribution >= 4 is 11.7 Å². The minimum Gasteiger partial charge on any atom is -0.478 e. The molecule has 3 nitrogen and oxygen atoms in total. The quantitative estimate of drug-likeness (QED) is 0.780. The second-order valence-corrected chi connectivity index (χ2v) is 6.91. The molecule has 1 heterocycles. The van der Waals surface area contributed by atoms with E-state index in [1.54, 1.807) is 12.1 Å². The van der Waals surface area contributed by atoms with Crippen LogP contribution in [0.25, 0.3) is 0 Å². The van der Waals surface area contributed by atoms with Crippen molar-refractivity contribution < 1.29 is 9.90 Å². The molecular formula is C21H21NO2. The first-order chi connectivity index (χ1) is 11.6. The first-order valence-corrected chi connectivity index (χ1v) is 8.43. The van der Waals surface area contributed by atoms with Gasteiger partial charge in [-0.25, -0.2) is 4.79 Å². The van der Waals surface area contributed by atoms with E-state index in [1.165, 1.54) is 16.7 Å². The van der Waals surface area contributed by atoms with E-state index in [0.717, 1.165) is 17.7 Å². The van der Waals surface area contributed by atoms with Gasteiger partial charge in [0.25, 0.3) is 0 Å². The summed E-state index contributed by atoms with van der Waals surface area (Å²) in [4.78, 5) is 11.7. The van der Waals surface area contributed by atoms with Gasteiger partial charge in [-0.2, -0.15) is 0 Å². The number of carboxylic acid groups (broad SMARTS) is 1. The fraction of sp³-hybridized carbons (Fsp3) is 0.286. The summed E-state index contributed by atoms with van der Waals surface area (Å²) in [5.41, 5.74) is 6.32. The summed E-state index contributed by atoms with van der Waals surface area (Å²) < 4.78 is 0. The topological polar surface area (TPSA) is 49.3 Å². The molecule has 3 atom stereocenters. The normalized spacial score (nSPS) is 24.2. The molecule has 0 amide bonds. The number of aryl methyl sites for hydroxylation is 2. The molecule has 0 bridgehead atoms. The molecule has 0 fully saturated rings. The Labute approximate surface area is 142 Å². The largest absolute Gasteiger partial charge is 0.478 e. The van der Waals surface area contributed by atoms with Crippen LogP contribution < -0.4 is 5.32 Å². The molecule has 1 aliphatic heterocycles. The molecule has 122 valence electrons. The van der Waals surface area contributed by atoms with Crippen molar-refractivity contribution in [2.24, 2.45) is 5.92 Å². The van der Waals surface area contributed by atoms with Crippen molar-refractivity contribution in [1.82, 2.24) is 0 Å². The van der Waals surface area contributed by atoms with Gasteiger partial charge in [0.05, 0.1) is 11.6 Å². The summed E-state index contributed by atoms with van der Waals surface area (Å²) in [6.45, 7) is 4.27. The van der Waals surface area contributed by atoms with Crippen LogP contribution in [0, 0.1) is 19.8 Å². The zero-order chi connectivity index (χ0) is 16.8. The standard InChI is InChI=1S/C21H21NO2/c1-12-10-13(2)19-14-8-5-9-15(14)20(22-18(19)11-12)16-6-3-4-7-17(16)21(23)24/h3-8,10-11,14-15,20,22H,9H2,1-2H3,(H,23,24)/t14-,15-,20+/m1/s1. The first kappa shape index (κ1) is 15.0. The molecule has 2 N–H and O–H groups in total. The second-order valence-electron chi connectivity index (χ2n) is 6.91. The highest BCUT2D eigenvalue weighted by Crippen LogP contribution is 2.51. The van der Waals surface area contributed by atoms with Gasteiger partial charge in [0, 0.05) is 11.6 Å². The highest BCUT2D eigenvalue weighted by atomic mass is 16.4. The van der Waals surface area contributed by atoms with Crippen molar-refractivity contribution in [3.05, 3.63) is 76.4 Å². The lowest BCUT2D eigenvalue weighted by Gasteiger charge is -2.39. The third-order valence-corrected chi connectivity index (χ3v) is 5.34. The number of nitrogens with one attached hydrogen (secondary N) is 1. The number of carbonyl (C=O) groups is 1. The monoisotopic (exact) mass is 319 g/mol. The SMILES string of the molecule is Cc1cc(C)c2c(c1)N[C@H](c1ccccc1C(=O)O)[C@@H]1CC=C[C@@H]21. The molecular weight excluding hydrogens is 298 g/mol. The van der Waals surface area contributed by atoms with Crippen LogP contribution in [0.5, 0.6) is 0 Å². The molecule has 0 saturated carbocycles. The number of hydrogen-bond acceptors (Lipinski definition) is 2. The van der Waals surface area contributed by atoms with Gasteiger partial charge in [-0.15, -0.1) is 0 Å². The summed E-state index contributed by atoms with van der Waals surface area (Å²) in [7, 11) is 0. The third kappa shape index (κ3) is 2.23. The average Bonchev–Trinajstić information content (AvgIpc) is 3.02. The van der Waals surface area contributed by atoms with Crippen LogP contribution in [-0.4, -0.2) is 11.1 Å². The first-order valence-electron chi connectivity index (χ1n) is 8.43. The maximum Gasteiger partial charge on any atom is 0.336 e. The van der Waals surface area contributed by atoms with Crippen LogP contribution >= 0.6 is 0 Å². The lowest BCUT2D eigenvalue weighted by Crippen LogP contribution is -2.30. The van der Waals surface area contributed by atoms with Gasteiger partial charge in [0.2, 0.25) is 0 Å². The van der Waals surface area contributed by atoms with E-state index in [-0.39, 0.29) is 6.04 Å². The van der Waals surface area contributed by atoms with Gasteiger partial charge >= 0.3 is 5.97 Å². The maximum atomic E-state index is 11.7. The lowest BCUT2D eigenvalue weighted by molar-refractivity contribution is 0.0694. The van der Waals surface area contributed by atoms with E-state index in [1.807, 2.05) is 12.1 Å². The second kappa shape index (κ2) is 5.52. The van der Waals surface area contributed by atoms with E-state index in [9.17, 15) is 9.90 Å². The van der Waals surface area contributed by atoms with Crippen LogP contribution in [0.15, 0.2) is 48.6 Å². The van der Waals surface area contributed by atoms with Crippen molar-refractivity contribution in [2.75, 3.05) is 5.32 Å². The summed E-state index contributed by atoms with van der Waals surface area (Å²) in [5, 5.41) is 13.2. The van der Waals surface area contributed by atoms with E-state index in [0.29, 0.717) is 17.4 Å². The Morgan fingerprint density at radius 2 is 2.00 bits per heavy atom. The van der Waals surface area contributed by atoms with Gasteiger partial charge in [-0.05, 0) is 60.6 Å². The van der Waals surface area contributed by atoms with Crippen molar-refractivity contribution in [3.63, 3.8) is 0 Å². The van der Waals surface area contributed by atoms with Crippen molar-refractivity contribution in [1.29, 1.82) is 0 Å². The highest BCUT2D eigenvalue weighted by molar-refractivity contribution is 5.90. The van der Waals surface area contributed by atoms with Gasteiger partial charge in [0.15, 0.2) is 0 Å². The van der Waals surface area contributed by atoms with Crippen LogP contribution in [0.1, 0.15) is 51.0 Å². The fourth-order valence-corrected chi connectivity index (χ4v) is 4.41. The molecule has 3 heteroatoms. The van der Waals surface area contributed by atoms with Gasteiger partial charge in [-0.1, -0.05) is 36.4 Å². The molecule has 2 aromatic carbocycles. The Morgan fingerprint density at radius 3 is 2.79 bits per heavy atom. The number of allylic oxidation sites excluding steroid dienone is 2. The summed E-state index contributed by atoms with van der Waals surface area (Å²) in [6, 6.07) is 11.8. The molecule has 0 radical (unpaired) electrons. The van der Waals surface area contributed by atoms with Crippen LogP contribution in [0.3, 0.4) is 0 Å². The number of anilines is 1. The van der Waals surface area contributed by atoms with E-state index < -0.39 is 5.97 Å². The van der Waals surface area contributed by atoms with E-state index in [4.69, 9.17) is 0 Å². The molecule has 24 heavy (non-hydrogen) atoms. The Morgan fingerprint density at radius 1 is 1.21 bits per heavy atom. The smallest absolute Gasteiger partial charge is 0.336 e. The van der Waals surface area contributed by atoms with Crippen molar-refractivity contribution in [3.8, 4) is 0 Å². The molecule has 0 spiro atoms. The highest BCUT2D eigenvalue weighted by Gasteiger charge is 2.39. The van der Waals surface area contributed by atoms with Gasteiger partial charge in [0.1, 0.15) is 0 Å². The van der Waals surface area contributed by atoms with Crippen LogP contribution in [0.2, 0.25) is 0 Å². The average molecular weight is 319 g/mol. The molecule has 1 aliphatic carbocycles. The zero-order valence-electron chi connectivity index (χ0n) is 13.9. The number of aromatic carboxylic acids is 1. The minimum atomic E-state index is -0.860. The molecule has 0 saturated heterocycles. The Bertz CT molecular complexity index is 853. The predicted molar refractivity (Wildman–Crippen MR) is 95.7 cm³/mol. The minimum absolute atomic E-state index is 0.0194. The van der Waals surface area contributed by atoms with Gasteiger partial charge in [-0.3, -0.25) is 0 Å². The Balaban J connectivity index is 1.86. The number of benzene rings is 2. The molecule has 2 aliphatic rings. The maximum absolute atomic E-state index is 11.7. The third-order valence-electron chi connectivity index (χ3n) is 5.34. The fourth-order valence-electron chi connectivity index (χ4n) is 4.41. The number of hydrogen-bond donors (Lipinski definition) is 2. The predicted octanol–water partition coefficient (Wildman–Crippen LogP) is 4.83. The zero-order valence-corrected chi connectivity index (χ0v) is 13.9. The van der Waals surface area contributed by atoms with Crippen LogP contribution in [0.4, 0.5) is 5.69 Å². The summed E-state index contributed by atoms with van der Waals surface area (Å²) in [5.74, 6) is -0.144. The van der Waals surface area contributed by atoms with Crippen LogP contribution in [-0.2, 0) is 0 Å². The molecule has 2 aromatic rings. The Hall–Kier alpha value is -2.55. The summed E-state index contributed by atoms with van der Waals surface area (Å²) in [6.07, 6.45) is 5.51. The van der Waals surface area contributed by atoms with Gasteiger partial charge < -0.3 is 10.4 Å². The molecule has 0 aromatic heterocycles. The van der Waals surface area contributed by atoms with Crippen molar-refractivity contribution in [2.45, 2.75) is 32.2 Å². The molecule has 0 unspecified atom stereocenters. The lowest BCUT2D eigenvalue weighted by atomic mass is 9.74. The Kier molecular flexibility index (Phi) is 3.45. The number of carboxylic acids is 1. The number of rotatable bonds is 2. The molecule has 4 rings (SSSR count). The number of fused-ring (bicyclic) bond motifs is 3. The summed E-state index contributed by atoms with van der Waals surface area (Å²) >= 11 is 0.